The van der Waals surface area contributed by atoms with E-state index in [1.54, 1.807) is 10.9 Å². The van der Waals surface area contributed by atoms with Crippen LogP contribution in [-0.4, -0.2) is 24.5 Å². The molecule has 0 aliphatic heterocycles. The van der Waals surface area contributed by atoms with Crippen LogP contribution in [0, 0.1) is 5.82 Å². The summed E-state index contributed by atoms with van der Waals surface area (Å²) in [4.78, 5) is 0. The first-order valence-corrected chi connectivity index (χ1v) is 11.4. The van der Waals surface area contributed by atoms with E-state index in [1.165, 1.54) is 6.07 Å². The third kappa shape index (κ3) is 3.97. The Kier molecular flexibility index (Phi) is 5.30. The molecule has 1 aromatic heterocycles. The van der Waals surface area contributed by atoms with Crippen LogP contribution in [0.15, 0.2) is 12.3 Å². The molecule has 0 amide bonds. The van der Waals surface area contributed by atoms with Gasteiger partial charge in [0.05, 0.1) is 16.7 Å². The quantitative estimate of drug-likeness (QED) is 0.422. The van der Waals surface area contributed by atoms with E-state index in [-0.39, 0.29) is 10.9 Å². The van der Waals surface area contributed by atoms with Crippen molar-refractivity contribution < 1.29 is 9.13 Å². The normalized spacial score (nSPS) is 12.3. The topological polar surface area (TPSA) is 27.1 Å². The van der Waals surface area contributed by atoms with Gasteiger partial charge in [-0.05, 0) is 11.6 Å². The van der Waals surface area contributed by atoms with Crippen molar-refractivity contribution in [1.82, 2.24) is 9.78 Å². The van der Waals surface area contributed by atoms with Crippen molar-refractivity contribution in [3.05, 3.63) is 28.7 Å². The first kappa shape index (κ1) is 16.7. The van der Waals surface area contributed by atoms with Crippen molar-refractivity contribution >= 4 is 42.2 Å². The molecule has 0 N–H and O–H groups in total. The van der Waals surface area contributed by atoms with Gasteiger partial charge in [0.1, 0.15) is 12.5 Å². The summed E-state index contributed by atoms with van der Waals surface area (Å²) in [5.74, 6) is -0.335. The number of ether oxygens (including phenoxy) is 1. The second-order valence-corrected chi connectivity index (χ2v) is 12.5. The molecule has 0 bridgehead atoms. The highest BCUT2D eigenvalue weighted by Crippen LogP contribution is 2.30. The molecule has 0 spiro atoms. The zero-order chi connectivity index (χ0) is 15.6. The van der Waals surface area contributed by atoms with E-state index in [9.17, 15) is 4.39 Å². The van der Waals surface area contributed by atoms with E-state index in [4.69, 9.17) is 27.9 Å². The number of nitrogens with zero attached hydrogens (tertiary/aromatic N) is 2. The van der Waals surface area contributed by atoms with Crippen LogP contribution in [0.5, 0.6) is 0 Å². The zero-order valence-corrected chi connectivity index (χ0v) is 14.9. The summed E-state index contributed by atoms with van der Waals surface area (Å²) in [5.41, 5.74) is 1.22. The van der Waals surface area contributed by atoms with Crippen LogP contribution in [0.2, 0.25) is 30.7 Å². The standard InChI is InChI=1S/C14H19Cl2FN2OSi/c1-21(2,3)5-4-20-9-19-13-6-12(17)14(16)10(7-15)11(13)8-18-19/h6,8H,4-5,7,9H2,1-3H3. The summed E-state index contributed by atoms with van der Waals surface area (Å²) in [6.45, 7) is 7.88. The highest BCUT2D eigenvalue weighted by atomic mass is 35.5. The first-order chi connectivity index (χ1) is 9.83. The third-order valence-electron chi connectivity index (χ3n) is 3.29. The fourth-order valence-corrected chi connectivity index (χ4v) is 3.31. The van der Waals surface area contributed by atoms with Gasteiger partial charge in [0.25, 0.3) is 0 Å². The third-order valence-corrected chi connectivity index (χ3v) is 5.67. The zero-order valence-electron chi connectivity index (χ0n) is 12.4. The summed E-state index contributed by atoms with van der Waals surface area (Å²) in [7, 11) is -1.11. The molecule has 2 rings (SSSR count). The van der Waals surface area contributed by atoms with Gasteiger partial charge in [-0.15, -0.1) is 11.6 Å². The van der Waals surface area contributed by atoms with E-state index in [2.05, 4.69) is 24.7 Å². The largest absolute Gasteiger partial charge is 0.360 e. The van der Waals surface area contributed by atoms with Crippen LogP contribution in [0.4, 0.5) is 4.39 Å². The number of alkyl halides is 1. The molecule has 0 aliphatic rings. The Morgan fingerprint density at radius 3 is 2.71 bits per heavy atom. The summed E-state index contributed by atoms with van der Waals surface area (Å²) in [6.07, 6.45) is 1.65. The minimum atomic E-state index is -1.11. The lowest BCUT2D eigenvalue weighted by atomic mass is 10.1. The SMILES string of the molecule is C[Si](C)(C)CCOCn1ncc2c(CCl)c(Cl)c(F)cc21. The molecule has 21 heavy (non-hydrogen) atoms. The molecule has 0 aliphatic carbocycles. The van der Waals surface area contributed by atoms with Crippen molar-refractivity contribution in [2.75, 3.05) is 6.61 Å². The molecule has 2 aromatic rings. The highest BCUT2D eigenvalue weighted by molar-refractivity contribution is 6.76. The average molecular weight is 349 g/mol. The summed E-state index contributed by atoms with van der Waals surface area (Å²) >= 11 is 11.8. The lowest BCUT2D eigenvalue weighted by Gasteiger charge is -2.15. The number of benzene rings is 1. The molecule has 1 heterocycles. The minimum absolute atomic E-state index is 0.0664. The smallest absolute Gasteiger partial charge is 0.144 e. The van der Waals surface area contributed by atoms with E-state index in [1.807, 2.05) is 0 Å². The maximum Gasteiger partial charge on any atom is 0.144 e. The summed E-state index contributed by atoms with van der Waals surface area (Å²) in [5, 5.41) is 5.07. The van der Waals surface area contributed by atoms with Gasteiger partial charge < -0.3 is 4.74 Å². The molecule has 7 heteroatoms. The monoisotopic (exact) mass is 348 g/mol. The van der Waals surface area contributed by atoms with E-state index < -0.39 is 13.9 Å². The predicted octanol–water partition coefficient (Wildman–Crippen LogP) is 4.88. The molecule has 1 aromatic carbocycles. The van der Waals surface area contributed by atoms with Crippen LogP contribution < -0.4 is 0 Å². The summed E-state index contributed by atoms with van der Waals surface area (Å²) < 4.78 is 21.1. The van der Waals surface area contributed by atoms with Crippen molar-refractivity contribution in [2.45, 2.75) is 38.3 Å². The molecule has 0 saturated carbocycles. The number of hydrogen-bond acceptors (Lipinski definition) is 2. The summed E-state index contributed by atoms with van der Waals surface area (Å²) in [6, 6.07) is 2.46. The van der Waals surface area contributed by atoms with Crippen LogP contribution >= 0.6 is 23.2 Å². The van der Waals surface area contributed by atoms with Gasteiger partial charge in [-0.25, -0.2) is 9.07 Å². The number of halogens is 3. The van der Waals surface area contributed by atoms with Crippen LogP contribution in [-0.2, 0) is 17.3 Å². The van der Waals surface area contributed by atoms with Crippen molar-refractivity contribution in [3.8, 4) is 0 Å². The fraction of sp³-hybridized carbons (Fsp3) is 0.500. The van der Waals surface area contributed by atoms with Crippen molar-refractivity contribution in [2.24, 2.45) is 0 Å². The van der Waals surface area contributed by atoms with Gasteiger partial charge in [0.15, 0.2) is 0 Å². The molecule has 0 saturated heterocycles. The van der Waals surface area contributed by atoms with Crippen LogP contribution in [0.1, 0.15) is 5.56 Å². The lowest BCUT2D eigenvalue weighted by molar-refractivity contribution is 0.0817. The Morgan fingerprint density at radius 1 is 1.38 bits per heavy atom. The van der Waals surface area contributed by atoms with Gasteiger partial charge in [-0.2, -0.15) is 5.10 Å². The van der Waals surface area contributed by atoms with Crippen LogP contribution in [0.3, 0.4) is 0 Å². The lowest BCUT2D eigenvalue weighted by Crippen LogP contribution is -2.22. The number of hydrogen-bond donors (Lipinski definition) is 0. The minimum Gasteiger partial charge on any atom is -0.360 e. The van der Waals surface area contributed by atoms with Gasteiger partial charge in [-0.3, -0.25) is 0 Å². The Hall–Kier alpha value is -0.623. The molecule has 3 nitrogen and oxygen atoms in total. The Bertz CT molecular complexity index is 640. The molecular weight excluding hydrogens is 330 g/mol. The van der Waals surface area contributed by atoms with Gasteiger partial charge in [-0.1, -0.05) is 31.2 Å². The molecule has 0 unspecified atom stereocenters. The van der Waals surface area contributed by atoms with E-state index in [0.29, 0.717) is 24.4 Å². The Balaban J connectivity index is 2.17. The maximum atomic E-state index is 13.8. The Morgan fingerprint density at radius 2 is 2.10 bits per heavy atom. The van der Waals surface area contributed by atoms with Gasteiger partial charge in [0.2, 0.25) is 0 Å². The molecule has 0 radical (unpaired) electrons. The molecule has 116 valence electrons. The molecular formula is C14H19Cl2FN2OSi. The van der Waals surface area contributed by atoms with Gasteiger partial charge >= 0.3 is 0 Å². The number of aromatic nitrogens is 2. The average Bonchev–Trinajstić information content (AvgIpc) is 2.78. The molecule has 0 fully saturated rings. The van der Waals surface area contributed by atoms with Crippen molar-refractivity contribution in [3.63, 3.8) is 0 Å². The second kappa shape index (κ2) is 6.65. The van der Waals surface area contributed by atoms with Crippen molar-refractivity contribution in [1.29, 1.82) is 0 Å². The fourth-order valence-electron chi connectivity index (χ4n) is 1.99. The first-order valence-electron chi connectivity index (χ1n) is 6.79. The highest BCUT2D eigenvalue weighted by Gasteiger charge is 2.15. The van der Waals surface area contributed by atoms with Gasteiger partial charge in [0, 0.05) is 32.0 Å². The predicted molar refractivity (Wildman–Crippen MR) is 88.4 cm³/mol. The van der Waals surface area contributed by atoms with E-state index in [0.717, 1.165) is 11.4 Å². The number of rotatable bonds is 6. The maximum absolute atomic E-state index is 13.8. The Labute approximate surface area is 135 Å². The second-order valence-electron chi connectivity index (χ2n) is 6.21. The van der Waals surface area contributed by atoms with E-state index >= 15 is 0 Å². The number of fused-ring (bicyclic) bond motifs is 1. The van der Waals surface area contributed by atoms with Crippen LogP contribution in [0.25, 0.3) is 10.9 Å². The molecule has 0 atom stereocenters.